The highest BCUT2D eigenvalue weighted by atomic mass is 31.2. The third kappa shape index (κ3) is 5.79. The number of hydrogen-bond donors (Lipinski definition) is 0. The van der Waals surface area contributed by atoms with E-state index in [-0.39, 0.29) is 0 Å². The van der Waals surface area contributed by atoms with Crippen LogP contribution in [0.5, 0.6) is 0 Å². The van der Waals surface area contributed by atoms with Crippen LogP contribution in [-0.2, 0) is 0 Å². The summed E-state index contributed by atoms with van der Waals surface area (Å²) in [6.07, 6.45) is 10.8. The van der Waals surface area contributed by atoms with E-state index in [1.807, 2.05) is 10.1 Å². The van der Waals surface area contributed by atoms with Gasteiger partial charge in [-0.25, -0.2) is 0 Å². The zero-order valence-electron chi connectivity index (χ0n) is 25.0. The van der Waals surface area contributed by atoms with Gasteiger partial charge in [0.25, 0.3) is 0 Å². The summed E-state index contributed by atoms with van der Waals surface area (Å²) < 4.78 is 11.9. The van der Waals surface area contributed by atoms with Crippen molar-refractivity contribution >= 4 is 24.4 Å². The Morgan fingerprint density at radius 2 is 0.618 bits per heavy atom. The van der Waals surface area contributed by atoms with Gasteiger partial charge in [-0.15, -0.1) is 0 Å². The second kappa shape index (κ2) is 16.3. The SMILES string of the molecule is CCCCCC1=P(N(CC)CC)(N(CC)CC)C(CCCCC)=P1(N(CC)CC)N(CC)CC. The predicted octanol–water partition coefficient (Wildman–Crippen LogP) is 8.48. The summed E-state index contributed by atoms with van der Waals surface area (Å²) in [5.41, 5.74) is 0. The summed E-state index contributed by atoms with van der Waals surface area (Å²) >= 11 is 0. The molecule has 34 heavy (non-hydrogen) atoms. The fourth-order valence-electron chi connectivity index (χ4n) is 6.53. The molecular weight excluding hydrogens is 454 g/mol. The molecule has 204 valence electrons. The number of unbranched alkanes of at least 4 members (excludes halogenated alkanes) is 4. The number of nitrogens with zero attached hydrogens (tertiary/aromatic N) is 4. The van der Waals surface area contributed by atoms with Gasteiger partial charge in [-0.2, -0.15) is 0 Å². The molecule has 6 heteroatoms. The maximum Gasteiger partial charge on any atom is 0.0492 e. The van der Waals surface area contributed by atoms with E-state index in [0.29, 0.717) is 0 Å². The van der Waals surface area contributed by atoms with Crippen molar-refractivity contribution in [1.82, 2.24) is 18.7 Å². The van der Waals surface area contributed by atoms with Gasteiger partial charge in [-0.3, -0.25) is 18.7 Å². The zero-order chi connectivity index (χ0) is 25.8. The van der Waals surface area contributed by atoms with Gasteiger partial charge in [0, 0.05) is 76.8 Å². The molecule has 0 radical (unpaired) electrons. The van der Waals surface area contributed by atoms with E-state index >= 15 is 0 Å². The topological polar surface area (TPSA) is 13.0 Å². The minimum absolute atomic E-state index is 1.17. The first-order chi connectivity index (χ1) is 16.5. The van der Waals surface area contributed by atoms with Crippen molar-refractivity contribution in [3.05, 3.63) is 0 Å². The molecule has 0 saturated carbocycles. The highest BCUT2D eigenvalue weighted by Crippen LogP contribution is 2.82. The minimum atomic E-state index is -1.61. The molecule has 1 rings (SSSR count). The second-order valence-corrected chi connectivity index (χ2v) is 17.0. The molecule has 0 aromatic heterocycles. The molecule has 0 aliphatic carbocycles. The van der Waals surface area contributed by atoms with Crippen LogP contribution in [0.3, 0.4) is 0 Å². The van der Waals surface area contributed by atoms with Gasteiger partial charge < -0.3 is 0 Å². The van der Waals surface area contributed by atoms with Gasteiger partial charge in [-0.05, 0) is 25.7 Å². The van der Waals surface area contributed by atoms with Crippen molar-refractivity contribution in [2.45, 2.75) is 121 Å². The highest BCUT2D eigenvalue weighted by Gasteiger charge is 2.55. The Balaban J connectivity index is 4.19. The Bertz CT molecular complexity index is 565. The van der Waals surface area contributed by atoms with Crippen molar-refractivity contribution in [3.63, 3.8) is 0 Å². The van der Waals surface area contributed by atoms with E-state index in [0.717, 1.165) is 0 Å². The van der Waals surface area contributed by atoms with Crippen molar-refractivity contribution in [1.29, 1.82) is 0 Å². The Morgan fingerprint density at radius 3 is 0.794 bits per heavy atom. The van der Waals surface area contributed by atoms with Gasteiger partial charge in [0.1, 0.15) is 0 Å². The molecule has 0 bridgehead atoms. The number of rotatable bonds is 20. The molecule has 0 spiro atoms. The molecule has 0 N–H and O–H groups in total. The molecule has 0 fully saturated rings. The molecule has 1 aliphatic heterocycles. The average Bonchev–Trinajstić information content (AvgIpc) is 2.86. The fourth-order valence-corrected chi connectivity index (χ4v) is 22.5. The van der Waals surface area contributed by atoms with Crippen molar-refractivity contribution in [2.75, 3.05) is 52.4 Å². The van der Waals surface area contributed by atoms with Crippen LogP contribution >= 0.6 is 14.4 Å². The van der Waals surface area contributed by atoms with Crippen LogP contribution in [0.15, 0.2) is 0 Å². The number of hydrogen-bond acceptors (Lipinski definition) is 4. The van der Waals surface area contributed by atoms with Crippen LogP contribution in [0.2, 0.25) is 0 Å². The summed E-state index contributed by atoms with van der Waals surface area (Å²) in [5, 5.41) is 4.03. The molecule has 1 aliphatic rings. The van der Waals surface area contributed by atoms with Gasteiger partial charge in [0.05, 0.1) is 0 Å². The lowest BCUT2D eigenvalue weighted by molar-refractivity contribution is 0.416. The smallest absolute Gasteiger partial charge is 0.0492 e. The standard InChI is InChI=1S/C28H62N4P2/c1-11-21-23-25-27-33(29(13-3)14-4,30(15-5)16-6)28(26-24-22-12-2)34(27,31(17-7)18-8)32(19-9)20-10/h11-26H2,1-10H3. The average molecular weight is 517 g/mol. The van der Waals surface area contributed by atoms with Crippen LogP contribution < -0.4 is 0 Å². The van der Waals surface area contributed by atoms with Crippen LogP contribution in [-0.4, -0.2) is 81.1 Å². The summed E-state index contributed by atoms with van der Waals surface area (Å²) in [6, 6.07) is 0. The predicted molar refractivity (Wildman–Crippen MR) is 164 cm³/mol. The lowest BCUT2D eigenvalue weighted by Crippen LogP contribution is -2.51. The first kappa shape index (κ1) is 32.5. The second-order valence-electron chi connectivity index (χ2n) is 9.50. The third-order valence-corrected chi connectivity index (χ3v) is 20.7. The monoisotopic (exact) mass is 516 g/mol. The summed E-state index contributed by atoms with van der Waals surface area (Å²) in [5.74, 6) is 0. The molecule has 0 aromatic carbocycles. The quantitative estimate of drug-likeness (QED) is 0.119. The van der Waals surface area contributed by atoms with Gasteiger partial charge in [-0.1, -0.05) is 94.9 Å². The van der Waals surface area contributed by atoms with Crippen LogP contribution in [0.4, 0.5) is 0 Å². The normalized spacial score (nSPS) is 17.5. The lowest BCUT2D eigenvalue weighted by atomic mass is 10.2. The molecular formula is C28H62N4P2. The maximum absolute atomic E-state index is 2.97. The molecule has 4 nitrogen and oxygen atoms in total. The van der Waals surface area contributed by atoms with E-state index in [1.165, 1.54) is 104 Å². The molecule has 0 amide bonds. The Hall–Kier alpha value is 0.440. The molecule has 0 atom stereocenters. The summed E-state index contributed by atoms with van der Waals surface area (Å²) in [6.45, 7) is 33.5. The highest BCUT2D eigenvalue weighted by molar-refractivity contribution is 8.22. The van der Waals surface area contributed by atoms with Gasteiger partial charge in [0.2, 0.25) is 0 Å². The van der Waals surface area contributed by atoms with E-state index < -0.39 is 14.4 Å². The molecule has 0 aromatic rings. The lowest BCUT2D eigenvalue weighted by Gasteiger charge is -2.64. The fraction of sp³-hybridized carbons (Fsp3) is 0.929. The minimum Gasteiger partial charge on any atom is -0.269 e. The van der Waals surface area contributed by atoms with Crippen LogP contribution in [0.1, 0.15) is 121 Å². The summed E-state index contributed by atoms with van der Waals surface area (Å²) in [7, 11) is -3.21. The van der Waals surface area contributed by atoms with E-state index in [9.17, 15) is 0 Å². The zero-order valence-corrected chi connectivity index (χ0v) is 26.8. The molecule has 1 heterocycles. The first-order valence-corrected chi connectivity index (χ1v) is 18.4. The Labute approximate surface area is 216 Å². The van der Waals surface area contributed by atoms with E-state index in [4.69, 9.17) is 0 Å². The molecule has 0 saturated heterocycles. The van der Waals surface area contributed by atoms with Gasteiger partial charge in [0.15, 0.2) is 0 Å². The molecule has 0 unspecified atom stereocenters. The summed E-state index contributed by atoms with van der Waals surface area (Å²) in [4.78, 5) is 0. The Kier molecular flexibility index (Phi) is 15.6. The van der Waals surface area contributed by atoms with Crippen LogP contribution in [0.25, 0.3) is 0 Å². The third-order valence-electron chi connectivity index (χ3n) is 8.01. The van der Waals surface area contributed by atoms with Crippen molar-refractivity contribution in [2.24, 2.45) is 0 Å². The van der Waals surface area contributed by atoms with E-state index in [1.54, 1.807) is 0 Å². The van der Waals surface area contributed by atoms with Crippen LogP contribution in [0, 0.1) is 0 Å². The van der Waals surface area contributed by atoms with E-state index in [2.05, 4.69) is 87.9 Å². The van der Waals surface area contributed by atoms with Crippen molar-refractivity contribution < 1.29 is 0 Å². The van der Waals surface area contributed by atoms with Gasteiger partial charge >= 0.3 is 0 Å². The largest absolute Gasteiger partial charge is 0.269 e. The maximum atomic E-state index is 2.97. The first-order valence-electron chi connectivity index (χ1n) is 15.0. The van der Waals surface area contributed by atoms with Crippen molar-refractivity contribution in [3.8, 4) is 0 Å². The Morgan fingerprint density at radius 1 is 0.382 bits per heavy atom.